The molecule has 2 heterocycles. The molecular weight excluding hydrogens is 334 g/mol. The van der Waals surface area contributed by atoms with Gasteiger partial charge in [-0.2, -0.15) is 0 Å². The molecule has 2 aliphatic heterocycles. The minimum absolute atomic E-state index is 0.134. The van der Waals surface area contributed by atoms with E-state index in [-0.39, 0.29) is 17.6 Å². The molecule has 1 saturated carbocycles. The van der Waals surface area contributed by atoms with Crippen LogP contribution in [0.4, 0.5) is 5.69 Å². The quantitative estimate of drug-likeness (QED) is 0.820. The van der Waals surface area contributed by atoms with Crippen LogP contribution in [0.3, 0.4) is 0 Å². The Morgan fingerprint density at radius 2 is 2.04 bits per heavy atom. The Kier molecular flexibility index (Phi) is 4.28. The van der Waals surface area contributed by atoms with Gasteiger partial charge in [0.05, 0.1) is 36.2 Å². The molecule has 0 spiro atoms. The molecule has 7 heteroatoms. The number of amides is 2. The van der Waals surface area contributed by atoms with Crippen molar-refractivity contribution in [1.82, 2.24) is 10.2 Å². The van der Waals surface area contributed by atoms with Crippen molar-refractivity contribution in [2.24, 2.45) is 17.3 Å². The van der Waals surface area contributed by atoms with Crippen LogP contribution in [-0.4, -0.2) is 61.9 Å². The van der Waals surface area contributed by atoms with Crippen molar-refractivity contribution in [2.45, 2.75) is 6.92 Å². The van der Waals surface area contributed by atoms with Crippen molar-refractivity contribution in [3.8, 4) is 0 Å². The molecule has 2 amide bonds. The van der Waals surface area contributed by atoms with Crippen molar-refractivity contribution in [3.05, 3.63) is 29.8 Å². The van der Waals surface area contributed by atoms with Crippen LogP contribution in [0.5, 0.6) is 0 Å². The van der Waals surface area contributed by atoms with Gasteiger partial charge in [0.25, 0.3) is 0 Å². The van der Waals surface area contributed by atoms with Crippen LogP contribution in [0.15, 0.2) is 24.3 Å². The number of ether oxygens (including phenoxy) is 1. The number of benzene rings is 1. The largest absolute Gasteiger partial charge is 0.379 e. The maximum absolute atomic E-state index is 13.0. The molecule has 4 rings (SSSR count). The van der Waals surface area contributed by atoms with Gasteiger partial charge in [-0.1, -0.05) is 19.1 Å². The van der Waals surface area contributed by atoms with E-state index in [0.29, 0.717) is 31.0 Å². The lowest BCUT2D eigenvalue weighted by Crippen LogP contribution is -2.42. The topological polar surface area (TPSA) is 87.7 Å². The van der Waals surface area contributed by atoms with Gasteiger partial charge < -0.3 is 15.4 Å². The van der Waals surface area contributed by atoms with Crippen LogP contribution in [0.1, 0.15) is 17.3 Å². The van der Waals surface area contributed by atoms with Gasteiger partial charge in [0.1, 0.15) is 0 Å². The van der Waals surface area contributed by atoms with Crippen LogP contribution < -0.4 is 10.6 Å². The Balaban J connectivity index is 1.43. The third-order valence-electron chi connectivity index (χ3n) is 5.83. The fourth-order valence-corrected chi connectivity index (χ4v) is 4.21. The van der Waals surface area contributed by atoms with Crippen LogP contribution in [-0.2, 0) is 14.3 Å². The Labute approximate surface area is 152 Å². The number of carbonyl (C=O) groups excluding carboxylic acids is 3. The second-order valence-electron chi connectivity index (χ2n) is 7.35. The molecule has 0 radical (unpaired) electrons. The number of anilines is 1. The summed E-state index contributed by atoms with van der Waals surface area (Å²) >= 11 is 0. The average Bonchev–Trinajstić information content (AvgIpc) is 3.30. The van der Waals surface area contributed by atoms with Crippen LogP contribution in [0.25, 0.3) is 0 Å². The molecular formula is C19H23N3O4. The Morgan fingerprint density at radius 3 is 2.81 bits per heavy atom. The van der Waals surface area contributed by atoms with Gasteiger partial charge in [-0.25, -0.2) is 0 Å². The van der Waals surface area contributed by atoms with Gasteiger partial charge in [-0.3, -0.25) is 19.3 Å². The molecule has 0 bridgehead atoms. The molecule has 0 aromatic heterocycles. The standard InChI is InChI=1S/C19H23N3O4/c1-19-14(17(24)20-6-7-22-8-10-26-11-9-22)15(19)18(25)21-13-5-3-2-4-12(13)16(19)23/h2-5,14-15H,6-11H2,1H3,(H,20,24)(H,21,25)/t14-,15+,19+/m0/s1. The number of para-hydroxylation sites is 1. The van der Waals surface area contributed by atoms with Gasteiger partial charge in [0.15, 0.2) is 5.78 Å². The third kappa shape index (κ3) is 2.71. The molecule has 138 valence electrons. The molecule has 0 unspecified atom stereocenters. The van der Waals surface area contributed by atoms with E-state index in [2.05, 4.69) is 15.5 Å². The van der Waals surface area contributed by atoms with E-state index in [1.165, 1.54) is 0 Å². The lowest BCUT2D eigenvalue weighted by atomic mass is 9.92. The van der Waals surface area contributed by atoms with E-state index in [9.17, 15) is 14.4 Å². The zero-order valence-electron chi connectivity index (χ0n) is 14.8. The summed E-state index contributed by atoms with van der Waals surface area (Å²) in [4.78, 5) is 40.4. The van der Waals surface area contributed by atoms with Crippen molar-refractivity contribution in [3.63, 3.8) is 0 Å². The number of fused-ring (bicyclic) bond motifs is 2. The van der Waals surface area contributed by atoms with Gasteiger partial charge in [0.2, 0.25) is 11.8 Å². The van der Waals surface area contributed by atoms with E-state index < -0.39 is 17.3 Å². The van der Waals surface area contributed by atoms with Gasteiger partial charge >= 0.3 is 0 Å². The molecule has 3 atom stereocenters. The number of nitrogens with zero attached hydrogens (tertiary/aromatic N) is 1. The monoisotopic (exact) mass is 357 g/mol. The van der Waals surface area contributed by atoms with E-state index in [0.717, 1.165) is 19.6 Å². The summed E-state index contributed by atoms with van der Waals surface area (Å²) < 4.78 is 5.31. The highest BCUT2D eigenvalue weighted by Crippen LogP contribution is 2.62. The van der Waals surface area contributed by atoms with Crippen molar-refractivity contribution in [2.75, 3.05) is 44.7 Å². The molecule has 1 aromatic carbocycles. The summed E-state index contributed by atoms with van der Waals surface area (Å²) in [6.07, 6.45) is 0. The lowest BCUT2D eigenvalue weighted by Gasteiger charge is -2.26. The maximum Gasteiger partial charge on any atom is 0.229 e. The Hall–Kier alpha value is -2.25. The lowest BCUT2D eigenvalue weighted by molar-refractivity contribution is -0.125. The molecule has 26 heavy (non-hydrogen) atoms. The smallest absolute Gasteiger partial charge is 0.229 e. The highest BCUT2D eigenvalue weighted by Gasteiger charge is 2.73. The summed E-state index contributed by atoms with van der Waals surface area (Å²) in [6.45, 7) is 6.12. The fraction of sp³-hybridized carbons (Fsp3) is 0.526. The predicted molar refractivity (Wildman–Crippen MR) is 94.8 cm³/mol. The fourth-order valence-electron chi connectivity index (χ4n) is 4.21. The van der Waals surface area contributed by atoms with Crippen LogP contribution in [0, 0.1) is 17.3 Å². The molecule has 2 fully saturated rings. The SMILES string of the molecule is C[C@]12C(=O)c3ccccc3NC(=O)[C@H]1[C@H]2C(=O)NCCN1CCOCC1. The van der Waals surface area contributed by atoms with Gasteiger partial charge in [0, 0.05) is 31.7 Å². The van der Waals surface area contributed by atoms with Crippen molar-refractivity contribution in [1.29, 1.82) is 0 Å². The Morgan fingerprint density at radius 1 is 1.31 bits per heavy atom. The first-order valence-electron chi connectivity index (χ1n) is 9.06. The molecule has 3 aliphatic rings. The number of carbonyl (C=O) groups is 3. The minimum atomic E-state index is -0.959. The first-order valence-corrected chi connectivity index (χ1v) is 9.06. The molecule has 2 N–H and O–H groups in total. The van der Waals surface area contributed by atoms with Gasteiger partial charge in [-0.05, 0) is 12.1 Å². The van der Waals surface area contributed by atoms with E-state index in [1.807, 2.05) is 0 Å². The Bertz CT molecular complexity index is 759. The summed E-state index contributed by atoms with van der Waals surface area (Å²) in [5.74, 6) is -1.81. The second-order valence-corrected chi connectivity index (χ2v) is 7.35. The average molecular weight is 357 g/mol. The van der Waals surface area contributed by atoms with Crippen molar-refractivity contribution < 1.29 is 19.1 Å². The van der Waals surface area contributed by atoms with Crippen LogP contribution >= 0.6 is 0 Å². The predicted octanol–water partition coefficient (Wildman–Crippen LogP) is 0.522. The zero-order valence-corrected chi connectivity index (χ0v) is 14.8. The second kappa shape index (κ2) is 6.48. The molecule has 1 aromatic rings. The number of nitrogens with one attached hydrogen (secondary N) is 2. The number of rotatable bonds is 4. The van der Waals surface area contributed by atoms with E-state index in [1.54, 1.807) is 31.2 Å². The summed E-state index contributed by atoms with van der Waals surface area (Å²) in [5.41, 5.74) is 0.0524. The number of hydrogen-bond donors (Lipinski definition) is 2. The van der Waals surface area contributed by atoms with E-state index >= 15 is 0 Å². The number of hydrogen-bond acceptors (Lipinski definition) is 5. The first-order chi connectivity index (χ1) is 12.5. The number of ketones is 1. The number of morpholine rings is 1. The highest BCUT2D eigenvalue weighted by atomic mass is 16.5. The zero-order chi connectivity index (χ0) is 18.3. The van der Waals surface area contributed by atoms with Gasteiger partial charge in [-0.15, -0.1) is 0 Å². The van der Waals surface area contributed by atoms with Crippen molar-refractivity contribution >= 4 is 23.3 Å². The van der Waals surface area contributed by atoms with E-state index in [4.69, 9.17) is 4.74 Å². The highest BCUT2D eigenvalue weighted by molar-refractivity contribution is 6.19. The third-order valence-corrected chi connectivity index (χ3v) is 5.83. The molecule has 1 aliphatic carbocycles. The first kappa shape index (κ1) is 17.2. The summed E-state index contributed by atoms with van der Waals surface area (Å²) in [6, 6.07) is 6.97. The normalized spacial score (nSPS) is 30.7. The maximum atomic E-state index is 13.0. The summed E-state index contributed by atoms with van der Waals surface area (Å²) in [7, 11) is 0. The molecule has 1 saturated heterocycles. The molecule has 7 nitrogen and oxygen atoms in total. The van der Waals surface area contributed by atoms with Crippen LogP contribution in [0.2, 0.25) is 0 Å². The minimum Gasteiger partial charge on any atom is -0.379 e. The summed E-state index contributed by atoms with van der Waals surface area (Å²) in [5, 5.41) is 5.71. The number of Topliss-reactive ketones (excluding diaryl/α,β-unsaturated/α-hetero) is 1.